The molecule has 0 aliphatic rings. The highest BCUT2D eigenvalue weighted by molar-refractivity contribution is 6.42. The highest BCUT2D eigenvalue weighted by atomic mass is 35.5. The summed E-state index contributed by atoms with van der Waals surface area (Å²) in [5.74, 6) is 0. The summed E-state index contributed by atoms with van der Waals surface area (Å²) in [5.41, 5.74) is 1.83. The van der Waals surface area contributed by atoms with Crippen LogP contribution in [0.1, 0.15) is 12.6 Å². The molecule has 0 fully saturated rings. The maximum atomic E-state index is 5.98. The monoisotopic (exact) mass is 270 g/mol. The Morgan fingerprint density at radius 2 is 2.12 bits per heavy atom. The molecular weight excluding hydrogens is 259 g/mol. The summed E-state index contributed by atoms with van der Waals surface area (Å²) in [4.78, 5) is 0. The first-order chi connectivity index (χ1) is 8.22. The summed E-state index contributed by atoms with van der Waals surface area (Å²) in [6.07, 6.45) is 1.73. The minimum atomic E-state index is 0.508. The molecule has 6 heteroatoms. The summed E-state index contributed by atoms with van der Waals surface area (Å²) in [6, 6.07) is 5.38. The fourth-order valence-electron chi connectivity index (χ4n) is 1.46. The third-order valence-corrected chi connectivity index (χ3v) is 3.06. The van der Waals surface area contributed by atoms with Gasteiger partial charge in [-0.05, 0) is 24.7 Å². The van der Waals surface area contributed by atoms with E-state index in [9.17, 15) is 0 Å². The van der Waals surface area contributed by atoms with Crippen LogP contribution in [0, 0.1) is 0 Å². The molecule has 0 radical (unpaired) electrons. The molecule has 17 heavy (non-hydrogen) atoms. The first-order valence-corrected chi connectivity index (χ1v) is 6.03. The predicted octanol–water partition coefficient (Wildman–Crippen LogP) is 2.68. The molecular formula is C11H12Cl2N4. The van der Waals surface area contributed by atoms with Crippen molar-refractivity contribution in [1.29, 1.82) is 0 Å². The molecule has 0 aliphatic carbocycles. The fraction of sp³-hybridized carbons (Fsp3) is 0.273. The van der Waals surface area contributed by atoms with Crippen LogP contribution in [-0.2, 0) is 6.54 Å². The molecule has 1 aromatic carbocycles. The van der Waals surface area contributed by atoms with Crippen LogP contribution in [0.15, 0.2) is 24.4 Å². The minimum Gasteiger partial charge on any atom is -0.311 e. The van der Waals surface area contributed by atoms with Crippen LogP contribution >= 0.6 is 23.2 Å². The van der Waals surface area contributed by atoms with Gasteiger partial charge in [0, 0.05) is 6.54 Å². The van der Waals surface area contributed by atoms with Gasteiger partial charge >= 0.3 is 0 Å². The number of nitrogens with one attached hydrogen (secondary N) is 1. The molecule has 0 spiro atoms. The fourth-order valence-corrected chi connectivity index (χ4v) is 1.76. The smallest absolute Gasteiger partial charge is 0.0783 e. The summed E-state index contributed by atoms with van der Waals surface area (Å²) in [5, 5.41) is 12.2. The van der Waals surface area contributed by atoms with Gasteiger partial charge in [0.15, 0.2) is 0 Å². The lowest BCUT2D eigenvalue weighted by molar-refractivity contribution is 0.672. The third kappa shape index (κ3) is 2.77. The zero-order valence-electron chi connectivity index (χ0n) is 9.32. The summed E-state index contributed by atoms with van der Waals surface area (Å²) >= 11 is 11.9. The molecule has 2 aromatic rings. The van der Waals surface area contributed by atoms with E-state index in [4.69, 9.17) is 23.2 Å². The lowest BCUT2D eigenvalue weighted by Crippen LogP contribution is -2.15. The van der Waals surface area contributed by atoms with Crippen molar-refractivity contribution in [3.05, 3.63) is 40.1 Å². The SMILES string of the molecule is CCNCc1cnnn1-c1ccc(Cl)c(Cl)c1. The quantitative estimate of drug-likeness (QED) is 0.929. The second kappa shape index (κ2) is 5.49. The Labute approximate surface area is 110 Å². The van der Waals surface area contributed by atoms with E-state index in [-0.39, 0.29) is 0 Å². The highest BCUT2D eigenvalue weighted by Crippen LogP contribution is 2.24. The summed E-state index contributed by atoms with van der Waals surface area (Å²) in [6.45, 7) is 3.66. The molecule has 1 aromatic heterocycles. The number of rotatable bonds is 4. The molecule has 0 unspecified atom stereocenters. The van der Waals surface area contributed by atoms with Crippen molar-refractivity contribution in [2.45, 2.75) is 13.5 Å². The lowest BCUT2D eigenvalue weighted by atomic mass is 10.3. The first kappa shape index (κ1) is 12.4. The van der Waals surface area contributed by atoms with E-state index in [1.165, 1.54) is 0 Å². The Hall–Kier alpha value is -1.10. The van der Waals surface area contributed by atoms with Gasteiger partial charge in [0.1, 0.15) is 0 Å². The topological polar surface area (TPSA) is 42.7 Å². The normalized spacial score (nSPS) is 10.8. The minimum absolute atomic E-state index is 0.508. The van der Waals surface area contributed by atoms with Crippen molar-refractivity contribution in [1.82, 2.24) is 20.3 Å². The van der Waals surface area contributed by atoms with Crippen LogP contribution < -0.4 is 5.32 Å². The van der Waals surface area contributed by atoms with Crippen molar-refractivity contribution in [3.8, 4) is 5.69 Å². The van der Waals surface area contributed by atoms with Crippen molar-refractivity contribution < 1.29 is 0 Å². The van der Waals surface area contributed by atoms with Crippen LogP contribution in [0.5, 0.6) is 0 Å². The zero-order chi connectivity index (χ0) is 12.3. The van der Waals surface area contributed by atoms with E-state index in [0.29, 0.717) is 16.6 Å². The molecule has 0 saturated heterocycles. The van der Waals surface area contributed by atoms with Gasteiger partial charge in [0.05, 0.1) is 27.6 Å². The second-order valence-electron chi connectivity index (χ2n) is 3.52. The maximum absolute atomic E-state index is 5.98. The molecule has 90 valence electrons. The Bertz CT molecular complexity index is 510. The molecule has 1 heterocycles. The van der Waals surface area contributed by atoms with Gasteiger partial charge in [-0.25, -0.2) is 4.68 Å². The molecule has 4 nitrogen and oxygen atoms in total. The third-order valence-electron chi connectivity index (χ3n) is 2.32. The van der Waals surface area contributed by atoms with Crippen molar-refractivity contribution in [2.75, 3.05) is 6.54 Å². The number of aromatic nitrogens is 3. The van der Waals surface area contributed by atoms with Gasteiger partial charge < -0.3 is 5.32 Å². The Morgan fingerprint density at radius 1 is 1.29 bits per heavy atom. The number of halogens is 2. The first-order valence-electron chi connectivity index (χ1n) is 5.28. The van der Waals surface area contributed by atoms with E-state index >= 15 is 0 Å². The van der Waals surface area contributed by atoms with Gasteiger partial charge in [-0.3, -0.25) is 0 Å². The molecule has 2 rings (SSSR count). The zero-order valence-corrected chi connectivity index (χ0v) is 10.8. The van der Waals surface area contributed by atoms with Crippen LogP contribution in [0.25, 0.3) is 5.69 Å². The molecule has 1 N–H and O–H groups in total. The van der Waals surface area contributed by atoms with Crippen molar-refractivity contribution in [3.63, 3.8) is 0 Å². The lowest BCUT2D eigenvalue weighted by Gasteiger charge is -2.07. The van der Waals surface area contributed by atoms with Gasteiger partial charge in [-0.15, -0.1) is 5.10 Å². The van der Waals surface area contributed by atoms with E-state index in [0.717, 1.165) is 17.9 Å². The Morgan fingerprint density at radius 3 is 2.82 bits per heavy atom. The number of nitrogens with zero attached hydrogens (tertiary/aromatic N) is 3. The van der Waals surface area contributed by atoms with Crippen LogP contribution in [-0.4, -0.2) is 21.5 Å². The second-order valence-corrected chi connectivity index (χ2v) is 4.33. The van der Waals surface area contributed by atoms with Crippen molar-refractivity contribution in [2.24, 2.45) is 0 Å². The standard InChI is InChI=1S/C11H12Cl2N4/c1-2-14-6-9-7-15-16-17(9)8-3-4-10(12)11(13)5-8/h3-5,7,14H,2,6H2,1H3. The van der Waals surface area contributed by atoms with Gasteiger partial charge in [-0.1, -0.05) is 35.3 Å². The van der Waals surface area contributed by atoms with Crippen LogP contribution in [0.2, 0.25) is 10.0 Å². The van der Waals surface area contributed by atoms with E-state index in [1.54, 1.807) is 23.0 Å². The molecule has 0 amide bonds. The Kier molecular flexibility index (Phi) is 3.99. The average Bonchev–Trinajstić information content (AvgIpc) is 2.78. The van der Waals surface area contributed by atoms with Gasteiger partial charge in [0.25, 0.3) is 0 Å². The average molecular weight is 271 g/mol. The van der Waals surface area contributed by atoms with Gasteiger partial charge in [-0.2, -0.15) is 0 Å². The maximum Gasteiger partial charge on any atom is 0.0783 e. The summed E-state index contributed by atoms with van der Waals surface area (Å²) in [7, 11) is 0. The van der Waals surface area contributed by atoms with Crippen molar-refractivity contribution >= 4 is 23.2 Å². The van der Waals surface area contributed by atoms with E-state index < -0.39 is 0 Å². The Balaban J connectivity index is 2.32. The molecule has 0 bridgehead atoms. The van der Waals surface area contributed by atoms with Crippen LogP contribution in [0.3, 0.4) is 0 Å². The number of hydrogen-bond acceptors (Lipinski definition) is 3. The number of benzene rings is 1. The van der Waals surface area contributed by atoms with E-state index in [1.807, 2.05) is 13.0 Å². The molecule has 0 saturated carbocycles. The summed E-state index contributed by atoms with van der Waals surface area (Å²) < 4.78 is 1.74. The highest BCUT2D eigenvalue weighted by Gasteiger charge is 2.07. The largest absolute Gasteiger partial charge is 0.311 e. The van der Waals surface area contributed by atoms with Gasteiger partial charge in [0.2, 0.25) is 0 Å². The predicted molar refractivity (Wildman–Crippen MR) is 68.8 cm³/mol. The molecule has 0 aliphatic heterocycles. The van der Waals surface area contributed by atoms with E-state index in [2.05, 4.69) is 15.6 Å². The number of hydrogen-bond donors (Lipinski definition) is 1. The molecule has 0 atom stereocenters. The van der Waals surface area contributed by atoms with Crippen LogP contribution in [0.4, 0.5) is 0 Å².